The third-order valence-corrected chi connectivity index (χ3v) is 3.51. The van der Waals surface area contributed by atoms with Gasteiger partial charge in [-0.2, -0.15) is 0 Å². The molecular weight excluding hydrogens is 251 g/mol. The van der Waals surface area contributed by atoms with Gasteiger partial charge in [0.05, 0.1) is 6.10 Å². The van der Waals surface area contributed by atoms with Crippen LogP contribution in [0.2, 0.25) is 0 Å². The normalized spacial score (nSPS) is 20.2. The molecule has 2 rings (SSSR count). The largest absolute Gasteiger partial charge is 0.389 e. The van der Waals surface area contributed by atoms with E-state index in [9.17, 15) is 4.39 Å². The van der Waals surface area contributed by atoms with Crippen molar-refractivity contribution >= 4 is 17.2 Å². The van der Waals surface area contributed by atoms with Crippen molar-refractivity contribution in [3.8, 4) is 0 Å². The molecule has 2 N–H and O–H groups in total. The lowest BCUT2D eigenvalue weighted by atomic mass is 10.1. The summed E-state index contributed by atoms with van der Waals surface area (Å²) in [7, 11) is 1.73. The lowest BCUT2D eigenvalue weighted by molar-refractivity contribution is 0.107. The van der Waals surface area contributed by atoms with Gasteiger partial charge in [0.1, 0.15) is 10.8 Å². The van der Waals surface area contributed by atoms with Crippen LogP contribution in [0.25, 0.3) is 0 Å². The van der Waals surface area contributed by atoms with E-state index >= 15 is 0 Å². The number of ether oxygens (including phenoxy) is 1. The van der Waals surface area contributed by atoms with Crippen LogP contribution >= 0.6 is 12.2 Å². The smallest absolute Gasteiger partial charge is 0.123 e. The van der Waals surface area contributed by atoms with Gasteiger partial charge < -0.3 is 10.5 Å². The molecule has 0 spiro atoms. The molecule has 1 aromatic carbocycles. The average molecular weight is 268 g/mol. The molecular formula is C13H17FN2OS. The van der Waals surface area contributed by atoms with Gasteiger partial charge in [-0.25, -0.2) is 4.39 Å². The Hall–Kier alpha value is -1.04. The number of halogens is 1. The number of benzene rings is 1. The Labute approximate surface area is 112 Å². The molecule has 1 atom stereocenters. The molecule has 0 amide bonds. The Morgan fingerprint density at radius 2 is 2.39 bits per heavy atom. The van der Waals surface area contributed by atoms with Crippen molar-refractivity contribution in [1.29, 1.82) is 0 Å². The first-order valence-electron chi connectivity index (χ1n) is 5.93. The third kappa shape index (κ3) is 3.04. The zero-order valence-electron chi connectivity index (χ0n) is 10.4. The van der Waals surface area contributed by atoms with Gasteiger partial charge in [-0.05, 0) is 24.1 Å². The number of rotatable bonds is 4. The Morgan fingerprint density at radius 3 is 3.00 bits per heavy atom. The van der Waals surface area contributed by atoms with Crippen LogP contribution in [0.4, 0.5) is 4.39 Å². The van der Waals surface area contributed by atoms with E-state index < -0.39 is 0 Å². The first-order chi connectivity index (χ1) is 8.60. The van der Waals surface area contributed by atoms with Gasteiger partial charge in [-0.15, -0.1) is 0 Å². The second kappa shape index (κ2) is 5.73. The molecule has 1 heterocycles. The predicted molar refractivity (Wildman–Crippen MR) is 73.0 cm³/mol. The number of hydrogen-bond donors (Lipinski definition) is 1. The van der Waals surface area contributed by atoms with Crippen molar-refractivity contribution in [3.63, 3.8) is 0 Å². The topological polar surface area (TPSA) is 38.5 Å². The molecule has 98 valence electrons. The van der Waals surface area contributed by atoms with Gasteiger partial charge in [-0.1, -0.05) is 18.3 Å². The quantitative estimate of drug-likeness (QED) is 0.843. The lowest BCUT2D eigenvalue weighted by Gasteiger charge is -2.17. The second-order valence-electron chi connectivity index (χ2n) is 4.55. The molecule has 1 aliphatic rings. The van der Waals surface area contributed by atoms with Crippen molar-refractivity contribution in [1.82, 2.24) is 4.90 Å². The molecule has 1 saturated heterocycles. The van der Waals surface area contributed by atoms with Crippen molar-refractivity contribution in [2.24, 2.45) is 5.73 Å². The molecule has 1 unspecified atom stereocenters. The molecule has 0 aromatic heterocycles. The highest BCUT2D eigenvalue weighted by Crippen LogP contribution is 2.18. The highest BCUT2D eigenvalue weighted by Gasteiger charge is 2.22. The van der Waals surface area contributed by atoms with Crippen LogP contribution in [0.5, 0.6) is 0 Å². The number of nitrogens with two attached hydrogens (primary N) is 1. The molecule has 0 aliphatic carbocycles. The van der Waals surface area contributed by atoms with Crippen molar-refractivity contribution < 1.29 is 9.13 Å². The maximum atomic E-state index is 13.2. The maximum Gasteiger partial charge on any atom is 0.123 e. The number of likely N-dealkylation sites (tertiary alicyclic amines) is 1. The Balaban J connectivity index is 2.12. The lowest BCUT2D eigenvalue weighted by Crippen LogP contribution is -2.24. The maximum absolute atomic E-state index is 13.2. The molecule has 0 saturated carbocycles. The fourth-order valence-electron chi connectivity index (χ4n) is 2.29. The van der Waals surface area contributed by atoms with E-state index in [0.29, 0.717) is 11.7 Å². The first kappa shape index (κ1) is 13.4. The molecule has 1 aliphatic heterocycles. The van der Waals surface area contributed by atoms with E-state index in [1.54, 1.807) is 13.2 Å². The van der Waals surface area contributed by atoms with Crippen LogP contribution in [0.1, 0.15) is 17.5 Å². The third-order valence-electron chi connectivity index (χ3n) is 3.29. The zero-order chi connectivity index (χ0) is 13.1. The summed E-state index contributed by atoms with van der Waals surface area (Å²) < 4.78 is 18.5. The Morgan fingerprint density at radius 1 is 1.61 bits per heavy atom. The number of methoxy groups -OCH3 is 1. The van der Waals surface area contributed by atoms with E-state index in [-0.39, 0.29) is 10.8 Å². The summed E-state index contributed by atoms with van der Waals surface area (Å²) in [6, 6.07) is 4.60. The summed E-state index contributed by atoms with van der Waals surface area (Å²) in [6.07, 6.45) is 1.32. The molecule has 1 aromatic rings. The number of hydrogen-bond acceptors (Lipinski definition) is 3. The van der Waals surface area contributed by atoms with Crippen LogP contribution in [-0.4, -0.2) is 36.2 Å². The molecule has 18 heavy (non-hydrogen) atoms. The minimum absolute atomic E-state index is 0.243. The van der Waals surface area contributed by atoms with E-state index in [2.05, 4.69) is 4.90 Å². The summed E-state index contributed by atoms with van der Waals surface area (Å²) in [4.78, 5) is 2.51. The Kier molecular flexibility index (Phi) is 4.27. The summed E-state index contributed by atoms with van der Waals surface area (Å²) in [6.45, 7) is 2.60. The van der Waals surface area contributed by atoms with Crippen LogP contribution in [0, 0.1) is 5.82 Å². The monoisotopic (exact) mass is 268 g/mol. The number of thiocarbonyl (C=S) groups is 1. The van der Waals surface area contributed by atoms with Crippen molar-refractivity contribution in [2.75, 3.05) is 20.2 Å². The fourth-order valence-corrected chi connectivity index (χ4v) is 2.48. The standard InChI is InChI=1S/C13H17FN2OS/c1-17-11-4-5-16(8-11)7-9-2-3-10(14)6-12(9)13(15)18/h2-3,6,11H,4-5,7-8H2,1H3,(H2,15,18). The van der Waals surface area contributed by atoms with Gasteiger partial charge in [0.25, 0.3) is 0 Å². The van der Waals surface area contributed by atoms with Crippen molar-refractivity contribution in [3.05, 3.63) is 35.1 Å². The summed E-state index contributed by atoms with van der Waals surface area (Å²) >= 11 is 4.96. The molecule has 3 nitrogen and oxygen atoms in total. The van der Waals surface area contributed by atoms with E-state index in [1.165, 1.54) is 12.1 Å². The van der Waals surface area contributed by atoms with Crippen molar-refractivity contribution in [2.45, 2.75) is 19.1 Å². The van der Waals surface area contributed by atoms with E-state index in [0.717, 1.165) is 31.6 Å². The van der Waals surface area contributed by atoms with Crippen LogP contribution in [-0.2, 0) is 11.3 Å². The molecule has 0 radical (unpaired) electrons. The van der Waals surface area contributed by atoms with Gasteiger partial charge >= 0.3 is 0 Å². The second-order valence-corrected chi connectivity index (χ2v) is 4.99. The molecule has 5 heteroatoms. The summed E-state index contributed by atoms with van der Waals surface area (Å²) in [5.74, 6) is -0.308. The molecule has 0 bridgehead atoms. The average Bonchev–Trinajstić information content (AvgIpc) is 2.79. The van der Waals surface area contributed by atoms with Gasteiger partial charge in [-0.3, -0.25) is 4.90 Å². The predicted octanol–water partition coefficient (Wildman–Crippen LogP) is 1.68. The summed E-state index contributed by atoms with van der Waals surface area (Å²) in [5.41, 5.74) is 7.24. The zero-order valence-corrected chi connectivity index (χ0v) is 11.2. The Bertz CT molecular complexity index is 453. The van der Waals surface area contributed by atoms with Crippen LogP contribution in [0.15, 0.2) is 18.2 Å². The van der Waals surface area contributed by atoms with Gasteiger partial charge in [0.2, 0.25) is 0 Å². The SMILES string of the molecule is COC1CCN(Cc2ccc(F)cc2C(N)=S)C1. The van der Waals surface area contributed by atoms with Gasteiger partial charge in [0, 0.05) is 32.3 Å². The number of nitrogens with zero attached hydrogens (tertiary/aromatic N) is 1. The summed E-state index contributed by atoms with van der Waals surface area (Å²) in [5, 5.41) is 0. The fraction of sp³-hybridized carbons (Fsp3) is 0.462. The van der Waals surface area contributed by atoms with Crippen LogP contribution < -0.4 is 5.73 Å². The minimum Gasteiger partial charge on any atom is -0.389 e. The van der Waals surface area contributed by atoms with Gasteiger partial charge in [0.15, 0.2) is 0 Å². The molecule has 1 fully saturated rings. The van der Waals surface area contributed by atoms with E-state index in [1.807, 2.05) is 0 Å². The van der Waals surface area contributed by atoms with Crippen LogP contribution in [0.3, 0.4) is 0 Å². The van der Waals surface area contributed by atoms with E-state index in [4.69, 9.17) is 22.7 Å². The minimum atomic E-state index is -0.308. The first-order valence-corrected chi connectivity index (χ1v) is 6.34. The highest BCUT2D eigenvalue weighted by atomic mass is 32.1. The highest BCUT2D eigenvalue weighted by molar-refractivity contribution is 7.80.